The largest absolute Gasteiger partial charge is 0.339 e. The molecule has 2 N–H and O–H groups in total. The van der Waals surface area contributed by atoms with Gasteiger partial charge in [-0.3, -0.25) is 9.69 Å². The summed E-state index contributed by atoms with van der Waals surface area (Å²) in [7, 11) is 0. The van der Waals surface area contributed by atoms with E-state index in [-0.39, 0.29) is 30.7 Å². The van der Waals surface area contributed by atoms with Crippen LogP contribution in [-0.4, -0.2) is 47.9 Å². The van der Waals surface area contributed by atoms with E-state index in [0.29, 0.717) is 6.04 Å². The number of hydrogen-bond acceptors (Lipinski definition) is 3. The second kappa shape index (κ2) is 10.1. The Morgan fingerprint density at radius 3 is 2.35 bits per heavy atom. The Morgan fingerprint density at radius 2 is 1.83 bits per heavy atom. The van der Waals surface area contributed by atoms with Crippen LogP contribution in [0.25, 0.3) is 0 Å². The van der Waals surface area contributed by atoms with E-state index < -0.39 is 6.04 Å². The minimum Gasteiger partial charge on any atom is -0.339 e. The van der Waals surface area contributed by atoms with Gasteiger partial charge in [-0.25, -0.2) is 0 Å². The van der Waals surface area contributed by atoms with Crippen molar-refractivity contribution >= 4 is 30.7 Å². The molecule has 0 aliphatic carbocycles. The summed E-state index contributed by atoms with van der Waals surface area (Å²) in [6.45, 7) is 10.1. The van der Waals surface area contributed by atoms with Crippen LogP contribution in [0.15, 0.2) is 24.3 Å². The molecule has 0 aromatic heterocycles. The lowest BCUT2D eigenvalue weighted by Gasteiger charge is -2.27. The van der Waals surface area contributed by atoms with Crippen molar-refractivity contribution < 1.29 is 4.79 Å². The first-order valence-corrected chi connectivity index (χ1v) is 7.91. The monoisotopic (exact) mass is 361 g/mol. The predicted octanol–water partition coefficient (Wildman–Crippen LogP) is 2.78. The van der Waals surface area contributed by atoms with Crippen LogP contribution in [0.5, 0.6) is 0 Å². The van der Waals surface area contributed by atoms with Crippen LogP contribution >= 0.6 is 24.8 Å². The summed E-state index contributed by atoms with van der Waals surface area (Å²) >= 11 is 0. The number of aryl methyl sites for hydroxylation is 1. The van der Waals surface area contributed by atoms with Gasteiger partial charge >= 0.3 is 0 Å². The minimum atomic E-state index is -0.541. The quantitative estimate of drug-likeness (QED) is 0.876. The lowest BCUT2D eigenvalue weighted by Crippen LogP contribution is -2.41. The number of nitrogens with two attached hydrogens (primary N) is 1. The van der Waals surface area contributed by atoms with Crippen molar-refractivity contribution in [2.45, 2.75) is 39.3 Å². The number of rotatable bonds is 5. The summed E-state index contributed by atoms with van der Waals surface area (Å²) < 4.78 is 0. The molecule has 1 aromatic rings. The third kappa shape index (κ3) is 5.35. The SMILES string of the molecule is CCN(CC)C1CCN(C(=O)C(N)c2ccc(C)cc2)C1.Cl.Cl. The molecule has 1 aromatic carbocycles. The highest BCUT2D eigenvalue weighted by Crippen LogP contribution is 2.20. The van der Waals surface area contributed by atoms with E-state index in [2.05, 4.69) is 18.7 Å². The number of likely N-dealkylation sites (N-methyl/N-ethyl adjacent to an activating group) is 1. The van der Waals surface area contributed by atoms with Gasteiger partial charge in [0.2, 0.25) is 5.91 Å². The Bertz CT molecular complexity index is 477. The van der Waals surface area contributed by atoms with Crippen molar-refractivity contribution in [3.8, 4) is 0 Å². The summed E-state index contributed by atoms with van der Waals surface area (Å²) in [5.74, 6) is 0.0495. The molecule has 0 spiro atoms. The number of carbonyl (C=O) groups excluding carboxylic acids is 1. The van der Waals surface area contributed by atoms with Gasteiger partial charge in [0.1, 0.15) is 6.04 Å². The van der Waals surface area contributed by atoms with Gasteiger partial charge in [0, 0.05) is 19.1 Å². The highest BCUT2D eigenvalue weighted by molar-refractivity contribution is 5.85. The molecule has 6 heteroatoms. The first-order chi connectivity index (χ1) is 10.1. The molecule has 23 heavy (non-hydrogen) atoms. The fraction of sp³-hybridized carbons (Fsp3) is 0.588. The molecule has 1 saturated heterocycles. The van der Waals surface area contributed by atoms with Crippen molar-refractivity contribution in [3.05, 3.63) is 35.4 Å². The molecule has 1 aliphatic heterocycles. The van der Waals surface area contributed by atoms with Gasteiger partial charge in [0.05, 0.1) is 0 Å². The predicted molar refractivity (Wildman–Crippen MR) is 101 cm³/mol. The number of benzene rings is 1. The molecule has 2 unspecified atom stereocenters. The zero-order valence-electron chi connectivity index (χ0n) is 14.2. The molecule has 1 fully saturated rings. The fourth-order valence-electron chi connectivity index (χ4n) is 3.09. The molecule has 0 radical (unpaired) electrons. The maximum absolute atomic E-state index is 12.6. The molecule has 0 saturated carbocycles. The highest BCUT2D eigenvalue weighted by Gasteiger charge is 2.31. The van der Waals surface area contributed by atoms with Crippen LogP contribution in [0.2, 0.25) is 0 Å². The van der Waals surface area contributed by atoms with Crippen LogP contribution in [-0.2, 0) is 4.79 Å². The molecule has 1 aliphatic rings. The number of halogens is 2. The van der Waals surface area contributed by atoms with Gasteiger partial charge < -0.3 is 10.6 Å². The van der Waals surface area contributed by atoms with Crippen LogP contribution in [0.1, 0.15) is 37.4 Å². The molecule has 132 valence electrons. The van der Waals surface area contributed by atoms with Crippen molar-refractivity contribution in [2.75, 3.05) is 26.2 Å². The maximum atomic E-state index is 12.6. The Morgan fingerprint density at radius 1 is 1.26 bits per heavy atom. The first-order valence-electron chi connectivity index (χ1n) is 7.91. The molecule has 1 amide bonds. The smallest absolute Gasteiger partial charge is 0.244 e. The van der Waals surface area contributed by atoms with Crippen LogP contribution in [0, 0.1) is 6.92 Å². The van der Waals surface area contributed by atoms with Gasteiger partial charge in [0.25, 0.3) is 0 Å². The van der Waals surface area contributed by atoms with Gasteiger partial charge in [-0.2, -0.15) is 0 Å². The van der Waals surface area contributed by atoms with E-state index in [1.807, 2.05) is 36.1 Å². The van der Waals surface area contributed by atoms with E-state index >= 15 is 0 Å². The third-order valence-corrected chi connectivity index (χ3v) is 4.51. The molecular weight excluding hydrogens is 333 g/mol. The second-order valence-electron chi connectivity index (χ2n) is 5.84. The lowest BCUT2D eigenvalue weighted by molar-refractivity contribution is -0.131. The van der Waals surface area contributed by atoms with Crippen molar-refractivity contribution in [1.82, 2.24) is 9.80 Å². The average molecular weight is 362 g/mol. The summed E-state index contributed by atoms with van der Waals surface area (Å²) in [4.78, 5) is 16.9. The Balaban J connectivity index is 0.00000242. The summed E-state index contributed by atoms with van der Waals surface area (Å²) in [6.07, 6.45) is 1.05. The van der Waals surface area contributed by atoms with Crippen LogP contribution in [0.3, 0.4) is 0 Å². The zero-order chi connectivity index (χ0) is 15.4. The molecule has 2 rings (SSSR count). The number of carbonyl (C=O) groups is 1. The lowest BCUT2D eigenvalue weighted by atomic mass is 10.0. The number of likely N-dealkylation sites (tertiary alicyclic amines) is 1. The van der Waals surface area contributed by atoms with E-state index in [4.69, 9.17) is 5.73 Å². The van der Waals surface area contributed by atoms with Crippen molar-refractivity contribution in [2.24, 2.45) is 5.73 Å². The summed E-state index contributed by atoms with van der Waals surface area (Å²) in [5, 5.41) is 0. The maximum Gasteiger partial charge on any atom is 0.244 e. The standard InChI is InChI=1S/C17H27N3O.2ClH/c1-4-19(5-2)15-10-11-20(12-15)17(21)16(18)14-8-6-13(3)7-9-14;;/h6-9,15-16H,4-5,10-12,18H2,1-3H3;2*1H. The Hall–Kier alpha value is -0.810. The zero-order valence-corrected chi connectivity index (χ0v) is 15.8. The van der Waals surface area contributed by atoms with Gasteiger partial charge in [0.15, 0.2) is 0 Å². The Labute approximate surface area is 152 Å². The molecule has 4 nitrogen and oxygen atoms in total. The van der Waals surface area contributed by atoms with E-state index in [0.717, 1.165) is 38.2 Å². The molecule has 1 heterocycles. The van der Waals surface area contributed by atoms with Crippen LogP contribution in [0.4, 0.5) is 0 Å². The average Bonchev–Trinajstić information content (AvgIpc) is 2.97. The molecule has 0 bridgehead atoms. The van der Waals surface area contributed by atoms with E-state index in [1.54, 1.807) is 0 Å². The van der Waals surface area contributed by atoms with Crippen molar-refractivity contribution in [3.63, 3.8) is 0 Å². The number of amides is 1. The third-order valence-electron chi connectivity index (χ3n) is 4.51. The fourth-order valence-corrected chi connectivity index (χ4v) is 3.09. The Kier molecular flexibility index (Phi) is 9.78. The van der Waals surface area contributed by atoms with Gasteiger partial charge in [-0.15, -0.1) is 24.8 Å². The summed E-state index contributed by atoms with van der Waals surface area (Å²) in [5.41, 5.74) is 8.23. The molecular formula is C17H29Cl2N3O. The van der Waals surface area contributed by atoms with Crippen LogP contribution < -0.4 is 5.73 Å². The van der Waals surface area contributed by atoms with Gasteiger partial charge in [-0.05, 0) is 32.0 Å². The highest BCUT2D eigenvalue weighted by atomic mass is 35.5. The second-order valence-corrected chi connectivity index (χ2v) is 5.84. The number of hydrogen-bond donors (Lipinski definition) is 1. The molecule has 2 atom stereocenters. The number of nitrogens with zero attached hydrogens (tertiary/aromatic N) is 2. The topological polar surface area (TPSA) is 49.6 Å². The van der Waals surface area contributed by atoms with E-state index in [9.17, 15) is 4.79 Å². The van der Waals surface area contributed by atoms with Crippen molar-refractivity contribution in [1.29, 1.82) is 0 Å². The minimum absolute atomic E-state index is 0. The van der Waals surface area contributed by atoms with Gasteiger partial charge in [-0.1, -0.05) is 43.7 Å². The summed E-state index contributed by atoms with van der Waals surface area (Å²) in [6, 6.07) is 7.86. The first kappa shape index (κ1) is 22.2. The normalized spacial score (nSPS) is 18.3. The van der Waals surface area contributed by atoms with E-state index in [1.165, 1.54) is 5.56 Å².